The van der Waals surface area contributed by atoms with Crippen LogP contribution in [0.1, 0.15) is 18.1 Å². The Kier molecular flexibility index (Phi) is 7.07. The molecule has 156 valence electrons. The van der Waals surface area contributed by atoms with Crippen LogP contribution in [0.15, 0.2) is 47.4 Å². The molecular formula is C21H17Cl2NO5S. The SMILES string of the molecule is COC(=O)[C@@H](C)N1C(=O)S/C(=C/c2ccc(OCc3ccc(Cl)c(Cl)c3)cc2)C1=O. The summed E-state index contributed by atoms with van der Waals surface area (Å²) >= 11 is 12.7. The van der Waals surface area contributed by atoms with E-state index in [4.69, 9.17) is 27.9 Å². The van der Waals surface area contributed by atoms with E-state index in [1.54, 1.807) is 42.5 Å². The Balaban J connectivity index is 1.66. The fraction of sp³-hybridized carbons (Fsp3) is 0.190. The Labute approximate surface area is 187 Å². The number of hydrogen-bond acceptors (Lipinski definition) is 6. The Hall–Kier alpha value is -2.48. The number of imide groups is 1. The Bertz CT molecular complexity index is 1020. The third-order valence-corrected chi connectivity index (χ3v) is 5.94. The van der Waals surface area contributed by atoms with Crippen molar-refractivity contribution in [1.82, 2.24) is 4.90 Å². The van der Waals surface area contributed by atoms with Gasteiger partial charge in [0.15, 0.2) is 0 Å². The molecule has 0 bridgehead atoms. The van der Waals surface area contributed by atoms with Crippen molar-refractivity contribution in [3.8, 4) is 5.75 Å². The lowest BCUT2D eigenvalue weighted by Gasteiger charge is -2.18. The zero-order valence-corrected chi connectivity index (χ0v) is 18.4. The van der Waals surface area contributed by atoms with Gasteiger partial charge in [0, 0.05) is 0 Å². The second kappa shape index (κ2) is 9.55. The maximum atomic E-state index is 12.5. The predicted octanol–water partition coefficient (Wildman–Crippen LogP) is 5.17. The first-order valence-corrected chi connectivity index (χ1v) is 10.4. The molecule has 1 aliphatic heterocycles. The van der Waals surface area contributed by atoms with Crippen molar-refractivity contribution in [2.24, 2.45) is 0 Å². The molecular weight excluding hydrogens is 449 g/mol. The molecule has 0 unspecified atom stereocenters. The molecule has 2 amide bonds. The van der Waals surface area contributed by atoms with Crippen LogP contribution < -0.4 is 4.74 Å². The lowest BCUT2D eigenvalue weighted by Crippen LogP contribution is -2.42. The van der Waals surface area contributed by atoms with Crippen LogP contribution in [0.4, 0.5) is 4.79 Å². The zero-order chi connectivity index (χ0) is 21.8. The molecule has 1 fully saturated rings. The highest BCUT2D eigenvalue weighted by atomic mass is 35.5. The smallest absolute Gasteiger partial charge is 0.328 e. The summed E-state index contributed by atoms with van der Waals surface area (Å²) in [6.45, 7) is 1.77. The largest absolute Gasteiger partial charge is 0.489 e. The van der Waals surface area contributed by atoms with E-state index in [0.717, 1.165) is 22.2 Å². The van der Waals surface area contributed by atoms with Gasteiger partial charge >= 0.3 is 5.97 Å². The molecule has 1 saturated heterocycles. The number of halogens is 2. The van der Waals surface area contributed by atoms with Crippen LogP contribution in [-0.4, -0.2) is 35.2 Å². The molecule has 1 atom stereocenters. The molecule has 2 aromatic rings. The van der Waals surface area contributed by atoms with Gasteiger partial charge in [-0.25, -0.2) is 4.79 Å². The van der Waals surface area contributed by atoms with Crippen molar-refractivity contribution in [3.05, 3.63) is 68.5 Å². The zero-order valence-electron chi connectivity index (χ0n) is 16.1. The maximum absolute atomic E-state index is 12.5. The number of amides is 2. The highest BCUT2D eigenvalue weighted by Crippen LogP contribution is 2.34. The normalized spacial score (nSPS) is 16.1. The lowest BCUT2D eigenvalue weighted by atomic mass is 10.2. The van der Waals surface area contributed by atoms with Crippen molar-refractivity contribution < 1.29 is 23.9 Å². The van der Waals surface area contributed by atoms with Gasteiger partial charge in [-0.05, 0) is 60.2 Å². The fourth-order valence-corrected chi connectivity index (χ4v) is 3.93. The Morgan fingerprint density at radius 1 is 1.13 bits per heavy atom. The standard InChI is InChI=1S/C21H17Cl2NO5S/c1-12(20(26)28-2)24-19(25)18(30-21(24)27)10-13-3-6-15(7-4-13)29-11-14-5-8-16(22)17(23)9-14/h3-10,12H,11H2,1-2H3/b18-10+/t12-/m1/s1. The predicted molar refractivity (Wildman–Crippen MR) is 117 cm³/mol. The van der Waals surface area contributed by atoms with E-state index in [1.807, 2.05) is 6.07 Å². The molecule has 30 heavy (non-hydrogen) atoms. The van der Waals surface area contributed by atoms with Gasteiger partial charge in [0.05, 0.1) is 22.1 Å². The number of carbonyl (C=O) groups is 3. The van der Waals surface area contributed by atoms with Crippen LogP contribution in [0.2, 0.25) is 10.0 Å². The number of hydrogen-bond donors (Lipinski definition) is 0. The van der Waals surface area contributed by atoms with E-state index in [2.05, 4.69) is 4.74 Å². The second-order valence-corrected chi connectivity index (χ2v) is 8.16. The van der Waals surface area contributed by atoms with Crippen molar-refractivity contribution in [1.29, 1.82) is 0 Å². The Morgan fingerprint density at radius 2 is 1.83 bits per heavy atom. The minimum atomic E-state index is -0.981. The van der Waals surface area contributed by atoms with Crippen LogP contribution in [0.5, 0.6) is 5.75 Å². The first kappa shape index (κ1) is 22.2. The first-order valence-electron chi connectivity index (χ1n) is 8.82. The van der Waals surface area contributed by atoms with E-state index in [-0.39, 0.29) is 4.91 Å². The summed E-state index contributed by atoms with van der Waals surface area (Å²) in [5.74, 6) is -0.546. The van der Waals surface area contributed by atoms with E-state index < -0.39 is 23.2 Å². The average molecular weight is 466 g/mol. The van der Waals surface area contributed by atoms with Gasteiger partial charge < -0.3 is 9.47 Å². The summed E-state index contributed by atoms with van der Waals surface area (Å²) in [5, 5.41) is 0.435. The number of thioether (sulfide) groups is 1. The third-order valence-electron chi connectivity index (χ3n) is 4.32. The minimum Gasteiger partial charge on any atom is -0.489 e. The highest BCUT2D eigenvalue weighted by Gasteiger charge is 2.41. The summed E-state index contributed by atoms with van der Waals surface area (Å²) in [5.41, 5.74) is 1.59. The van der Waals surface area contributed by atoms with Crippen molar-refractivity contribution in [2.75, 3.05) is 7.11 Å². The van der Waals surface area contributed by atoms with E-state index in [1.165, 1.54) is 14.0 Å². The monoisotopic (exact) mass is 465 g/mol. The number of rotatable bonds is 6. The second-order valence-electron chi connectivity index (χ2n) is 6.36. The molecule has 3 rings (SSSR count). The van der Waals surface area contributed by atoms with Crippen LogP contribution in [0.3, 0.4) is 0 Å². The molecule has 1 aliphatic rings. The third kappa shape index (κ3) is 4.98. The number of esters is 1. The topological polar surface area (TPSA) is 72.9 Å². The first-order chi connectivity index (χ1) is 14.3. The van der Waals surface area contributed by atoms with Gasteiger partial charge in [0.2, 0.25) is 0 Å². The van der Waals surface area contributed by atoms with Gasteiger partial charge in [0.25, 0.3) is 11.1 Å². The van der Waals surface area contributed by atoms with Crippen LogP contribution >= 0.6 is 35.0 Å². The lowest BCUT2D eigenvalue weighted by molar-refractivity contribution is -0.148. The summed E-state index contributed by atoms with van der Waals surface area (Å²) in [7, 11) is 1.21. The molecule has 0 spiro atoms. The summed E-state index contributed by atoms with van der Waals surface area (Å²) in [6, 6.07) is 11.3. The van der Waals surface area contributed by atoms with Gasteiger partial charge in [-0.15, -0.1) is 0 Å². The van der Waals surface area contributed by atoms with Crippen LogP contribution in [0.25, 0.3) is 6.08 Å². The number of ether oxygens (including phenoxy) is 2. The molecule has 1 heterocycles. The van der Waals surface area contributed by atoms with Crippen molar-refractivity contribution in [3.63, 3.8) is 0 Å². The molecule has 0 radical (unpaired) electrons. The Morgan fingerprint density at radius 3 is 2.47 bits per heavy atom. The van der Waals surface area contributed by atoms with Gasteiger partial charge in [-0.3, -0.25) is 14.5 Å². The van der Waals surface area contributed by atoms with Gasteiger partial charge in [-0.1, -0.05) is 41.4 Å². The van der Waals surface area contributed by atoms with E-state index in [0.29, 0.717) is 28.0 Å². The van der Waals surface area contributed by atoms with Crippen molar-refractivity contribution in [2.45, 2.75) is 19.6 Å². The number of nitrogens with zero attached hydrogens (tertiary/aromatic N) is 1. The number of methoxy groups -OCH3 is 1. The van der Waals surface area contributed by atoms with E-state index in [9.17, 15) is 14.4 Å². The molecule has 9 heteroatoms. The molecule has 0 aromatic heterocycles. The molecule has 6 nitrogen and oxygen atoms in total. The molecule has 0 aliphatic carbocycles. The van der Waals surface area contributed by atoms with E-state index >= 15 is 0 Å². The highest BCUT2D eigenvalue weighted by molar-refractivity contribution is 8.18. The maximum Gasteiger partial charge on any atom is 0.328 e. The molecule has 2 aromatic carbocycles. The minimum absolute atomic E-state index is 0.236. The number of benzene rings is 2. The quantitative estimate of drug-likeness (QED) is 0.432. The molecule has 0 saturated carbocycles. The van der Waals surface area contributed by atoms with Crippen LogP contribution in [-0.2, 0) is 20.9 Å². The van der Waals surface area contributed by atoms with Crippen LogP contribution in [0, 0.1) is 0 Å². The fourth-order valence-electron chi connectivity index (χ4n) is 2.70. The van der Waals surface area contributed by atoms with Crippen molar-refractivity contribution >= 4 is 58.2 Å². The number of carbonyl (C=O) groups excluding carboxylic acids is 3. The summed E-state index contributed by atoms with van der Waals surface area (Å²) in [6.07, 6.45) is 1.59. The summed E-state index contributed by atoms with van der Waals surface area (Å²) < 4.78 is 10.3. The van der Waals surface area contributed by atoms with Gasteiger partial charge in [-0.2, -0.15) is 0 Å². The summed E-state index contributed by atoms with van der Waals surface area (Å²) in [4.78, 5) is 37.5. The van der Waals surface area contributed by atoms with Gasteiger partial charge in [0.1, 0.15) is 18.4 Å². The average Bonchev–Trinajstić information content (AvgIpc) is 3.01. The molecule has 0 N–H and O–H groups in total.